The first-order chi connectivity index (χ1) is 14.7. The van der Waals surface area contributed by atoms with Gasteiger partial charge in [-0.25, -0.2) is 9.18 Å². The third-order valence-corrected chi connectivity index (χ3v) is 5.25. The second-order valence-corrected chi connectivity index (χ2v) is 7.30. The van der Waals surface area contributed by atoms with Crippen LogP contribution in [0.4, 0.5) is 17.6 Å². The number of aromatic amines is 1. The van der Waals surface area contributed by atoms with E-state index in [1.54, 1.807) is 12.1 Å². The Labute approximate surface area is 175 Å². The number of rotatable bonds is 2. The summed E-state index contributed by atoms with van der Waals surface area (Å²) in [7, 11) is 0. The smallest absolute Gasteiger partial charge is 0.475 e. The van der Waals surface area contributed by atoms with Crippen LogP contribution in [0.15, 0.2) is 36.4 Å². The molecule has 0 radical (unpaired) electrons. The second kappa shape index (κ2) is 9.32. The van der Waals surface area contributed by atoms with Crippen molar-refractivity contribution in [2.45, 2.75) is 31.9 Å². The monoisotopic (exact) mass is 439 g/mol. The lowest BCUT2D eigenvalue weighted by atomic mass is 10.0. The topological polar surface area (TPSA) is 86.3 Å². The van der Waals surface area contributed by atoms with Gasteiger partial charge in [0.15, 0.2) is 0 Å². The van der Waals surface area contributed by atoms with Crippen LogP contribution in [0.25, 0.3) is 11.3 Å². The van der Waals surface area contributed by atoms with Gasteiger partial charge in [-0.2, -0.15) is 18.3 Å². The summed E-state index contributed by atoms with van der Waals surface area (Å²) in [6, 6.07) is 6.42. The van der Waals surface area contributed by atoms with Crippen molar-refractivity contribution < 1.29 is 32.3 Å². The molecule has 0 spiro atoms. The zero-order valence-corrected chi connectivity index (χ0v) is 16.5. The second-order valence-electron chi connectivity index (χ2n) is 7.30. The Balaban J connectivity index is 0.000000339. The van der Waals surface area contributed by atoms with Gasteiger partial charge in [0.25, 0.3) is 0 Å². The number of amides is 1. The lowest BCUT2D eigenvalue weighted by molar-refractivity contribution is -0.192. The van der Waals surface area contributed by atoms with Gasteiger partial charge in [0, 0.05) is 42.2 Å². The number of nitrogens with zero attached hydrogens (tertiary/aromatic N) is 2. The highest BCUT2D eigenvalue weighted by Gasteiger charge is 2.38. The van der Waals surface area contributed by atoms with Crippen molar-refractivity contribution >= 4 is 11.9 Å². The van der Waals surface area contributed by atoms with Crippen molar-refractivity contribution in [2.24, 2.45) is 5.92 Å². The fourth-order valence-corrected chi connectivity index (χ4v) is 3.63. The molecule has 10 heteroatoms. The number of hydrogen-bond acceptors (Lipinski definition) is 3. The van der Waals surface area contributed by atoms with Gasteiger partial charge in [-0.3, -0.25) is 9.89 Å². The predicted octanol–water partition coefficient (Wildman–Crippen LogP) is 3.74. The van der Waals surface area contributed by atoms with Gasteiger partial charge in [0.1, 0.15) is 5.82 Å². The number of nitrogens with one attached hydrogen (secondary N) is 1. The highest BCUT2D eigenvalue weighted by molar-refractivity contribution is 5.80. The molecule has 2 aliphatic rings. The molecule has 0 fully saturated rings. The Morgan fingerprint density at radius 2 is 1.65 bits per heavy atom. The average molecular weight is 439 g/mol. The largest absolute Gasteiger partial charge is 0.490 e. The molecule has 0 saturated carbocycles. The summed E-state index contributed by atoms with van der Waals surface area (Å²) in [6.45, 7) is 1.45. The Kier molecular flexibility index (Phi) is 6.77. The van der Waals surface area contributed by atoms with Gasteiger partial charge in [0.05, 0.1) is 5.69 Å². The number of benzene rings is 1. The number of fused-ring (bicyclic) bond motifs is 1. The van der Waals surface area contributed by atoms with Gasteiger partial charge in [-0.15, -0.1) is 0 Å². The number of aliphatic carboxylic acids is 1. The molecule has 31 heavy (non-hydrogen) atoms. The van der Waals surface area contributed by atoms with Crippen molar-refractivity contribution in [1.29, 1.82) is 0 Å². The summed E-state index contributed by atoms with van der Waals surface area (Å²) < 4.78 is 44.9. The summed E-state index contributed by atoms with van der Waals surface area (Å²) >= 11 is 0. The normalized spacial score (nSPS) is 16.3. The third-order valence-electron chi connectivity index (χ3n) is 5.25. The summed E-state index contributed by atoms with van der Waals surface area (Å²) in [5.74, 6) is -2.62. The maximum Gasteiger partial charge on any atom is 0.490 e. The van der Waals surface area contributed by atoms with Gasteiger partial charge in [0.2, 0.25) is 5.91 Å². The fourth-order valence-electron chi connectivity index (χ4n) is 3.63. The highest BCUT2D eigenvalue weighted by Crippen LogP contribution is 2.28. The number of carboxylic acid groups (broad SMARTS) is 1. The molecule has 0 unspecified atom stereocenters. The zero-order chi connectivity index (χ0) is 22.6. The number of carboxylic acids is 1. The van der Waals surface area contributed by atoms with E-state index in [1.165, 1.54) is 12.1 Å². The van der Waals surface area contributed by atoms with Gasteiger partial charge < -0.3 is 10.0 Å². The number of carbonyl (C=O) groups is 2. The van der Waals surface area contributed by atoms with Crippen LogP contribution in [-0.4, -0.2) is 51.3 Å². The molecule has 1 aromatic carbocycles. The Morgan fingerprint density at radius 3 is 2.23 bits per heavy atom. The van der Waals surface area contributed by atoms with Crippen molar-refractivity contribution in [3.8, 4) is 11.3 Å². The van der Waals surface area contributed by atoms with Crippen LogP contribution in [0, 0.1) is 11.7 Å². The standard InChI is InChI=1S/C19H20FN3O.C2HF3O2/c20-15-7-5-13(6-8-15)18-16-9-11-23(12-10-17(16)21-22-18)19(24)14-3-1-2-4-14;3-2(4,5)1(6)7/h1-2,5-8,14H,3-4,9-12H2,(H,21,22);(H,6,7). The number of aromatic nitrogens is 2. The molecule has 1 aliphatic heterocycles. The number of H-pyrrole nitrogens is 1. The summed E-state index contributed by atoms with van der Waals surface area (Å²) in [5, 5.41) is 14.7. The SMILES string of the molecule is O=C(C1CC=CC1)N1CCc2[nH]nc(-c3ccc(F)cc3)c2CC1.O=C(O)C(F)(F)F. The summed E-state index contributed by atoms with van der Waals surface area (Å²) in [6.07, 6.45) is 2.41. The van der Waals surface area contributed by atoms with Crippen molar-refractivity contribution in [3.63, 3.8) is 0 Å². The molecule has 2 N–H and O–H groups in total. The number of halogens is 4. The number of allylic oxidation sites excluding steroid dienone is 2. The fraction of sp³-hybridized carbons (Fsp3) is 0.381. The molecule has 0 saturated heterocycles. The number of alkyl halides is 3. The molecule has 1 aliphatic carbocycles. The van der Waals surface area contributed by atoms with Crippen LogP contribution >= 0.6 is 0 Å². The van der Waals surface area contributed by atoms with Gasteiger partial charge >= 0.3 is 12.1 Å². The average Bonchev–Trinajstić information content (AvgIpc) is 3.34. The van der Waals surface area contributed by atoms with E-state index >= 15 is 0 Å². The third kappa shape index (κ3) is 5.50. The van der Waals surface area contributed by atoms with E-state index in [0.29, 0.717) is 0 Å². The maximum atomic E-state index is 13.1. The predicted molar refractivity (Wildman–Crippen MR) is 104 cm³/mol. The Morgan fingerprint density at radius 1 is 1.06 bits per heavy atom. The molecule has 6 nitrogen and oxygen atoms in total. The van der Waals surface area contributed by atoms with E-state index in [0.717, 1.165) is 61.3 Å². The van der Waals surface area contributed by atoms with E-state index in [4.69, 9.17) is 9.90 Å². The van der Waals surface area contributed by atoms with E-state index in [9.17, 15) is 22.4 Å². The van der Waals surface area contributed by atoms with E-state index in [1.807, 2.05) is 4.90 Å². The molecule has 0 atom stereocenters. The molecule has 2 aromatic rings. The van der Waals surface area contributed by atoms with Crippen LogP contribution in [0.5, 0.6) is 0 Å². The minimum atomic E-state index is -5.08. The van der Waals surface area contributed by atoms with Crippen LogP contribution < -0.4 is 0 Å². The minimum absolute atomic E-state index is 0.121. The van der Waals surface area contributed by atoms with Crippen LogP contribution in [0.2, 0.25) is 0 Å². The maximum absolute atomic E-state index is 13.1. The van der Waals surface area contributed by atoms with Crippen LogP contribution in [-0.2, 0) is 22.4 Å². The first-order valence-electron chi connectivity index (χ1n) is 9.72. The van der Waals surface area contributed by atoms with Gasteiger partial charge in [-0.05, 0) is 43.5 Å². The molecule has 1 amide bonds. The Bertz CT molecular complexity index is 959. The summed E-state index contributed by atoms with van der Waals surface area (Å²) in [4.78, 5) is 23.5. The van der Waals surface area contributed by atoms with Crippen LogP contribution in [0.3, 0.4) is 0 Å². The lowest BCUT2D eigenvalue weighted by Crippen LogP contribution is -2.37. The quantitative estimate of drug-likeness (QED) is 0.551. The minimum Gasteiger partial charge on any atom is -0.475 e. The molecule has 1 aromatic heterocycles. The van der Waals surface area contributed by atoms with E-state index < -0.39 is 12.1 Å². The molecular formula is C21H21F4N3O3. The van der Waals surface area contributed by atoms with Crippen molar-refractivity contribution in [1.82, 2.24) is 15.1 Å². The molecule has 166 valence electrons. The first-order valence-corrected chi connectivity index (χ1v) is 9.72. The summed E-state index contributed by atoms with van der Waals surface area (Å²) in [5.41, 5.74) is 4.03. The zero-order valence-electron chi connectivity index (χ0n) is 16.5. The van der Waals surface area contributed by atoms with Crippen molar-refractivity contribution in [3.05, 3.63) is 53.5 Å². The van der Waals surface area contributed by atoms with Crippen LogP contribution in [0.1, 0.15) is 24.1 Å². The molecular weight excluding hydrogens is 418 g/mol. The lowest BCUT2D eigenvalue weighted by Gasteiger charge is -2.23. The van der Waals surface area contributed by atoms with E-state index in [-0.39, 0.29) is 17.6 Å². The van der Waals surface area contributed by atoms with Crippen molar-refractivity contribution in [2.75, 3.05) is 13.1 Å². The first kappa shape index (κ1) is 22.5. The number of hydrogen-bond donors (Lipinski definition) is 2. The van der Waals surface area contributed by atoms with E-state index in [2.05, 4.69) is 22.3 Å². The number of carbonyl (C=O) groups excluding carboxylic acids is 1. The molecule has 4 rings (SSSR count). The molecule has 0 bridgehead atoms. The molecule has 2 heterocycles. The Hall–Kier alpha value is -3.17. The highest BCUT2D eigenvalue weighted by atomic mass is 19.4. The van der Waals surface area contributed by atoms with Gasteiger partial charge in [-0.1, -0.05) is 12.2 Å².